The van der Waals surface area contributed by atoms with Gasteiger partial charge < -0.3 is 10.1 Å². The van der Waals surface area contributed by atoms with Gasteiger partial charge in [0.25, 0.3) is 0 Å². The van der Waals surface area contributed by atoms with Crippen molar-refractivity contribution in [1.29, 1.82) is 0 Å². The molecule has 0 radical (unpaired) electrons. The Kier molecular flexibility index (Phi) is 10.7. The van der Waals surface area contributed by atoms with Crippen molar-refractivity contribution >= 4 is 5.91 Å². The molecule has 1 heterocycles. The molecule has 0 unspecified atom stereocenters. The third kappa shape index (κ3) is 7.97. The van der Waals surface area contributed by atoms with Gasteiger partial charge >= 0.3 is 0 Å². The molecule has 2 aromatic rings. The number of carbonyl (C=O) groups excluding carboxylic acids is 1. The minimum Gasteiger partial charge on any atom is -0.377 e. The standard InChI is InChI=1S/C25H36FN3O3/c1-17(2)24(22-13-12-21(26)16-28-22)27-14-6-5-7-20(25(30)29-31)15-23(32-4)19-10-8-18(3)9-11-19/h8-13,16-17,20,23-24,27,31H,5-7,14-15H2,1-4H3,(H,29,30)/t20-,23+,24+/m0/s1. The highest BCUT2D eigenvalue weighted by atomic mass is 19.1. The summed E-state index contributed by atoms with van der Waals surface area (Å²) in [4.78, 5) is 16.5. The van der Waals surface area contributed by atoms with Crippen molar-refractivity contribution in [3.05, 3.63) is 65.2 Å². The minimum atomic E-state index is -0.386. The summed E-state index contributed by atoms with van der Waals surface area (Å²) in [6.45, 7) is 6.97. The van der Waals surface area contributed by atoms with Crippen LogP contribution in [0.15, 0.2) is 42.6 Å². The number of hydrogen-bond donors (Lipinski definition) is 3. The van der Waals surface area contributed by atoms with Crippen molar-refractivity contribution in [3.63, 3.8) is 0 Å². The van der Waals surface area contributed by atoms with E-state index in [1.165, 1.54) is 12.3 Å². The van der Waals surface area contributed by atoms with Crippen LogP contribution in [-0.2, 0) is 9.53 Å². The van der Waals surface area contributed by atoms with E-state index in [1.807, 2.05) is 31.2 Å². The fraction of sp³-hybridized carbons (Fsp3) is 0.520. The number of nitrogens with zero attached hydrogens (tertiary/aromatic N) is 1. The van der Waals surface area contributed by atoms with Crippen LogP contribution in [0.1, 0.15) is 68.5 Å². The zero-order valence-electron chi connectivity index (χ0n) is 19.5. The zero-order chi connectivity index (χ0) is 23.5. The number of halogens is 1. The topological polar surface area (TPSA) is 83.5 Å². The first-order valence-electron chi connectivity index (χ1n) is 11.2. The summed E-state index contributed by atoms with van der Waals surface area (Å²) in [7, 11) is 1.64. The Hall–Kier alpha value is -2.35. The van der Waals surface area contributed by atoms with Gasteiger partial charge in [-0.15, -0.1) is 0 Å². The number of hydroxylamine groups is 1. The van der Waals surface area contributed by atoms with Crippen molar-refractivity contribution in [2.45, 2.75) is 58.6 Å². The molecular weight excluding hydrogens is 409 g/mol. The number of unbranched alkanes of at least 4 members (excludes halogenated alkanes) is 1. The molecule has 0 aliphatic heterocycles. The first kappa shape index (κ1) is 25.9. The Labute approximate surface area is 190 Å². The molecule has 1 aromatic heterocycles. The number of ether oxygens (including phenoxy) is 1. The maximum absolute atomic E-state index is 13.2. The lowest BCUT2D eigenvalue weighted by molar-refractivity contribution is -0.135. The highest BCUT2D eigenvalue weighted by molar-refractivity contribution is 5.77. The monoisotopic (exact) mass is 445 g/mol. The second kappa shape index (κ2) is 13.3. The Morgan fingerprint density at radius 2 is 1.88 bits per heavy atom. The molecule has 3 N–H and O–H groups in total. The van der Waals surface area contributed by atoms with Gasteiger partial charge in [-0.25, -0.2) is 9.87 Å². The molecule has 0 aliphatic carbocycles. The lowest BCUT2D eigenvalue weighted by Gasteiger charge is -2.23. The van der Waals surface area contributed by atoms with Gasteiger partial charge in [-0.3, -0.25) is 15.0 Å². The molecule has 0 aliphatic rings. The summed E-state index contributed by atoms with van der Waals surface area (Å²) in [5, 5.41) is 12.7. The lowest BCUT2D eigenvalue weighted by atomic mass is 9.91. The van der Waals surface area contributed by atoms with E-state index in [9.17, 15) is 14.4 Å². The van der Waals surface area contributed by atoms with Crippen LogP contribution in [0.2, 0.25) is 0 Å². The molecule has 6 nitrogen and oxygen atoms in total. The SMILES string of the molecule is CO[C@H](C[C@H](CCCCN[C@@H](c1ccc(F)cn1)C(C)C)C(=O)NO)c1ccc(C)cc1. The van der Waals surface area contributed by atoms with E-state index in [4.69, 9.17) is 4.74 Å². The van der Waals surface area contributed by atoms with Gasteiger partial charge in [0, 0.05) is 13.0 Å². The molecule has 32 heavy (non-hydrogen) atoms. The summed E-state index contributed by atoms with van der Waals surface area (Å²) in [5.41, 5.74) is 4.80. The Morgan fingerprint density at radius 3 is 2.44 bits per heavy atom. The Balaban J connectivity index is 1.88. The van der Waals surface area contributed by atoms with Crippen LogP contribution in [0.5, 0.6) is 0 Å². The summed E-state index contributed by atoms with van der Waals surface area (Å²) in [5.74, 6) is -0.782. The quantitative estimate of drug-likeness (QED) is 0.232. The second-order valence-corrected chi connectivity index (χ2v) is 8.62. The number of methoxy groups -OCH3 is 1. The number of rotatable bonds is 13. The van der Waals surface area contributed by atoms with E-state index in [-0.39, 0.29) is 29.8 Å². The zero-order valence-corrected chi connectivity index (χ0v) is 19.5. The van der Waals surface area contributed by atoms with Crippen LogP contribution in [0.4, 0.5) is 4.39 Å². The highest BCUT2D eigenvalue weighted by Crippen LogP contribution is 2.28. The summed E-state index contributed by atoms with van der Waals surface area (Å²) in [6.07, 6.45) is 3.84. The second-order valence-electron chi connectivity index (χ2n) is 8.62. The van der Waals surface area contributed by atoms with Gasteiger partial charge in [-0.1, -0.05) is 50.1 Å². The number of hydrogen-bond acceptors (Lipinski definition) is 5. The van der Waals surface area contributed by atoms with Crippen LogP contribution in [-0.4, -0.2) is 29.8 Å². The van der Waals surface area contributed by atoms with Gasteiger partial charge in [-0.05, 0) is 56.3 Å². The largest absolute Gasteiger partial charge is 0.377 e. The fourth-order valence-electron chi connectivity index (χ4n) is 3.88. The number of carbonyl (C=O) groups is 1. The van der Waals surface area contributed by atoms with Gasteiger partial charge in [0.1, 0.15) is 5.82 Å². The first-order valence-corrected chi connectivity index (χ1v) is 11.2. The molecule has 7 heteroatoms. The molecule has 176 valence electrons. The van der Waals surface area contributed by atoms with E-state index >= 15 is 0 Å². The minimum absolute atomic E-state index is 0.0338. The Bertz CT molecular complexity index is 812. The number of nitrogens with one attached hydrogen (secondary N) is 2. The number of aryl methyl sites for hydroxylation is 1. The van der Waals surface area contributed by atoms with E-state index in [1.54, 1.807) is 18.7 Å². The van der Waals surface area contributed by atoms with Gasteiger partial charge in [0.15, 0.2) is 0 Å². The van der Waals surface area contributed by atoms with Crippen molar-refractivity contribution < 1.29 is 19.1 Å². The van der Waals surface area contributed by atoms with Crippen LogP contribution < -0.4 is 10.8 Å². The molecule has 0 saturated heterocycles. The third-order valence-corrected chi connectivity index (χ3v) is 5.79. The third-order valence-electron chi connectivity index (χ3n) is 5.79. The molecule has 2 rings (SSSR count). The van der Waals surface area contributed by atoms with Crippen molar-refractivity contribution in [3.8, 4) is 0 Å². The number of benzene rings is 1. The summed E-state index contributed by atoms with van der Waals surface area (Å²) < 4.78 is 18.8. The molecule has 3 atom stereocenters. The molecule has 1 amide bonds. The summed E-state index contributed by atoms with van der Waals surface area (Å²) >= 11 is 0. The maximum Gasteiger partial charge on any atom is 0.246 e. The van der Waals surface area contributed by atoms with Crippen LogP contribution in [0.3, 0.4) is 0 Å². The van der Waals surface area contributed by atoms with E-state index in [0.29, 0.717) is 18.8 Å². The average Bonchev–Trinajstić information content (AvgIpc) is 2.79. The number of amides is 1. The number of pyridine rings is 1. The fourth-order valence-corrected chi connectivity index (χ4v) is 3.88. The van der Waals surface area contributed by atoms with E-state index in [0.717, 1.165) is 36.2 Å². The van der Waals surface area contributed by atoms with Crippen molar-refractivity contribution in [1.82, 2.24) is 15.8 Å². The predicted molar refractivity (Wildman–Crippen MR) is 123 cm³/mol. The maximum atomic E-state index is 13.2. The average molecular weight is 446 g/mol. The molecule has 0 bridgehead atoms. The first-order chi connectivity index (χ1) is 15.3. The van der Waals surface area contributed by atoms with Crippen molar-refractivity contribution in [2.75, 3.05) is 13.7 Å². The van der Waals surface area contributed by atoms with Gasteiger partial charge in [-0.2, -0.15) is 0 Å². The van der Waals surface area contributed by atoms with E-state index in [2.05, 4.69) is 24.1 Å². The van der Waals surface area contributed by atoms with Gasteiger partial charge in [0.05, 0.1) is 24.0 Å². The van der Waals surface area contributed by atoms with Gasteiger partial charge in [0.2, 0.25) is 5.91 Å². The molecule has 0 spiro atoms. The smallest absolute Gasteiger partial charge is 0.246 e. The number of aromatic nitrogens is 1. The van der Waals surface area contributed by atoms with E-state index < -0.39 is 0 Å². The molecule has 1 aromatic carbocycles. The molecule has 0 saturated carbocycles. The van der Waals surface area contributed by atoms with Crippen LogP contribution in [0, 0.1) is 24.6 Å². The van der Waals surface area contributed by atoms with Crippen LogP contribution >= 0.6 is 0 Å². The lowest BCUT2D eigenvalue weighted by Crippen LogP contribution is -2.30. The predicted octanol–water partition coefficient (Wildman–Crippen LogP) is 4.89. The summed E-state index contributed by atoms with van der Waals surface area (Å²) in [6, 6.07) is 11.2. The Morgan fingerprint density at radius 1 is 1.16 bits per heavy atom. The molecule has 0 fully saturated rings. The van der Waals surface area contributed by atoms with Crippen LogP contribution in [0.25, 0.3) is 0 Å². The normalized spacial score (nSPS) is 14.2. The highest BCUT2D eigenvalue weighted by Gasteiger charge is 2.24. The molecular formula is C25H36FN3O3. The van der Waals surface area contributed by atoms with Crippen molar-refractivity contribution in [2.24, 2.45) is 11.8 Å².